The van der Waals surface area contributed by atoms with E-state index in [9.17, 15) is 9.69 Å². The summed E-state index contributed by atoms with van der Waals surface area (Å²) in [5.74, 6) is 0.328. The molecule has 3 N–H and O–H groups in total. The van der Waals surface area contributed by atoms with Crippen molar-refractivity contribution in [2.75, 3.05) is 45.7 Å². The summed E-state index contributed by atoms with van der Waals surface area (Å²) in [4.78, 5) is 21.6. The molecule has 6 nitrogen and oxygen atoms in total. The predicted octanol–water partition coefficient (Wildman–Crippen LogP) is 5.83. The zero-order valence-corrected chi connectivity index (χ0v) is 23.9. The van der Waals surface area contributed by atoms with E-state index < -0.39 is 0 Å². The van der Waals surface area contributed by atoms with Crippen molar-refractivity contribution in [1.82, 2.24) is 10.6 Å². The molecule has 2 unspecified atom stereocenters. The quantitative estimate of drug-likeness (QED) is 0.0799. The first kappa shape index (κ1) is 34.3. The van der Waals surface area contributed by atoms with Crippen molar-refractivity contribution < 1.29 is 19.2 Å². The van der Waals surface area contributed by atoms with Gasteiger partial charge in [-0.05, 0) is 70.9 Å². The zero-order chi connectivity index (χ0) is 27.2. The maximum atomic E-state index is 12.2. The molecule has 206 valence electrons. The van der Waals surface area contributed by atoms with Crippen LogP contribution in [-0.2, 0) is 14.3 Å². The van der Waals surface area contributed by atoms with Gasteiger partial charge in [0.15, 0.2) is 0 Å². The van der Waals surface area contributed by atoms with Gasteiger partial charge in [-0.2, -0.15) is 0 Å². The molecule has 0 saturated carbocycles. The Morgan fingerprint density at radius 2 is 1.28 bits per heavy atom. The number of hydrogen-bond acceptors (Lipinski definition) is 5. The maximum absolute atomic E-state index is 12.2. The lowest BCUT2D eigenvalue weighted by Crippen LogP contribution is -2.27. The van der Waals surface area contributed by atoms with Gasteiger partial charge in [0.1, 0.15) is 0 Å². The van der Waals surface area contributed by atoms with Gasteiger partial charge in [0.05, 0.1) is 13.2 Å². The minimum absolute atomic E-state index is 0.0291. The SMILES string of the molecule is C=C(CCC(CCC(=O)NCCOCCCC(=C)C(=C)C)CPO)NCCOCCCC(=C)C(=C)C. The van der Waals surface area contributed by atoms with Gasteiger partial charge in [0, 0.05) is 47.2 Å². The topological polar surface area (TPSA) is 79.8 Å². The Morgan fingerprint density at radius 3 is 1.78 bits per heavy atom. The molecular formula is C29H51N2O4P. The van der Waals surface area contributed by atoms with Gasteiger partial charge in [0.25, 0.3) is 0 Å². The number of carbonyl (C=O) groups is 1. The normalized spacial score (nSPS) is 11.9. The van der Waals surface area contributed by atoms with E-state index in [1.807, 2.05) is 13.8 Å². The first-order chi connectivity index (χ1) is 17.2. The Balaban J connectivity index is 3.85. The average molecular weight is 523 g/mol. The molecule has 0 aliphatic heterocycles. The number of carbonyl (C=O) groups excluding carboxylic acids is 1. The van der Waals surface area contributed by atoms with Crippen molar-refractivity contribution in [2.45, 2.75) is 65.2 Å². The third kappa shape index (κ3) is 20.5. The summed E-state index contributed by atoms with van der Waals surface area (Å²) in [7, 11) is -0.107. The monoisotopic (exact) mass is 522 g/mol. The first-order valence-electron chi connectivity index (χ1n) is 13.0. The van der Waals surface area contributed by atoms with E-state index in [-0.39, 0.29) is 14.7 Å². The molecule has 36 heavy (non-hydrogen) atoms. The fourth-order valence-electron chi connectivity index (χ4n) is 3.34. The molecular weight excluding hydrogens is 471 g/mol. The predicted molar refractivity (Wildman–Crippen MR) is 156 cm³/mol. The third-order valence-corrected chi connectivity index (χ3v) is 6.71. The molecule has 0 aromatic rings. The molecule has 0 saturated heterocycles. The Kier molecular flexibility index (Phi) is 21.4. The van der Waals surface area contributed by atoms with Gasteiger partial charge in [-0.3, -0.25) is 4.79 Å². The number of ether oxygens (including phenoxy) is 2. The van der Waals surface area contributed by atoms with Crippen LogP contribution in [0.5, 0.6) is 0 Å². The molecule has 0 heterocycles. The van der Waals surface area contributed by atoms with Gasteiger partial charge in [-0.15, -0.1) is 0 Å². The van der Waals surface area contributed by atoms with Crippen molar-refractivity contribution in [1.29, 1.82) is 0 Å². The molecule has 0 radical (unpaired) electrons. The summed E-state index contributed by atoms with van der Waals surface area (Å²) in [5.41, 5.74) is 5.16. The molecule has 1 amide bonds. The van der Waals surface area contributed by atoms with E-state index in [0.717, 1.165) is 85.6 Å². The van der Waals surface area contributed by atoms with E-state index in [2.05, 4.69) is 43.5 Å². The van der Waals surface area contributed by atoms with Crippen LogP contribution in [0.25, 0.3) is 0 Å². The largest absolute Gasteiger partial charge is 0.387 e. The first-order valence-corrected chi connectivity index (χ1v) is 14.2. The maximum Gasteiger partial charge on any atom is 0.220 e. The Labute approximate surface area is 222 Å². The van der Waals surface area contributed by atoms with E-state index in [0.29, 0.717) is 45.3 Å². The van der Waals surface area contributed by atoms with E-state index in [1.165, 1.54) is 0 Å². The summed E-state index contributed by atoms with van der Waals surface area (Å²) in [6.45, 7) is 27.5. The Morgan fingerprint density at radius 1 is 0.778 bits per heavy atom. The van der Waals surface area contributed by atoms with Crippen LogP contribution in [-0.4, -0.2) is 56.5 Å². The van der Waals surface area contributed by atoms with Gasteiger partial charge in [-0.25, -0.2) is 0 Å². The second-order valence-electron chi connectivity index (χ2n) is 9.39. The molecule has 2 atom stereocenters. The number of amides is 1. The fraction of sp³-hybridized carbons (Fsp3) is 0.621. The highest BCUT2D eigenvalue weighted by Crippen LogP contribution is 2.22. The van der Waals surface area contributed by atoms with Crippen molar-refractivity contribution in [3.8, 4) is 0 Å². The molecule has 7 heteroatoms. The van der Waals surface area contributed by atoms with Crippen LogP contribution in [0.3, 0.4) is 0 Å². The summed E-state index contributed by atoms with van der Waals surface area (Å²) in [6, 6.07) is 0. The van der Waals surface area contributed by atoms with Crippen LogP contribution in [0, 0.1) is 5.92 Å². The second kappa shape index (κ2) is 22.5. The number of nitrogens with one attached hydrogen (secondary N) is 2. The lowest BCUT2D eigenvalue weighted by Gasteiger charge is -2.17. The number of rotatable bonds is 25. The highest BCUT2D eigenvalue weighted by Gasteiger charge is 2.12. The lowest BCUT2D eigenvalue weighted by molar-refractivity contribution is -0.121. The van der Waals surface area contributed by atoms with Gasteiger partial charge < -0.3 is 25.0 Å². The molecule has 0 aromatic heterocycles. The summed E-state index contributed by atoms with van der Waals surface area (Å²) >= 11 is 0. The van der Waals surface area contributed by atoms with Gasteiger partial charge >= 0.3 is 0 Å². The highest BCUT2D eigenvalue weighted by atomic mass is 31.1. The van der Waals surface area contributed by atoms with Crippen LogP contribution in [0.1, 0.15) is 65.2 Å². The number of allylic oxidation sites excluding steroid dienone is 5. The fourth-order valence-corrected chi connectivity index (χ4v) is 4.00. The van der Waals surface area contributed by atoms with Crippen LogP contribution in [0.4, 0.5) is 0 Å². The summed E-state index contributed by atoms with van der Waals surface area (Å²) in [5, 5.41) is 6.22. The standard InChI is InChI=1S/C29H51N2O4P/c1-23(2)25(5)10-8-18-34-20-16-30-27(7)12-13-28(22-36-33)14-15-29(32)31-17-21-35-19-9-11-26(6)24(3)4/h28,30,33,36H,1,3,5-22H2,2,4H3,(H,31,32). The minimum Gasteiger partial charge on any atom is -0.387 e. The molecule has 0 aromatic carbocycles. The van der Waals surface area contributed by atoms with Crippen LogP contribution < -0.4 is 10.6 Å². The molecule has 0 fully saturated rings. The molecule has 0 rings (SSSR count). The smallest absolute Gasteiger partial charge is 0.220 e. The van der Waals surface area contributed by atoms with Gasteiger partial charge in [0.2, 0.25) is 5.91 Å². The van der Waals surface area contributed by atoms with Crippen molar-refractivity contribution in [2.24, 2.45) is 5.92 Å². The second-order valence-corrected chi connectivity index (χ2v) is 10.1. The summed E-state index contributed by atoms with van der Waals surface area (Å²) < 4.78 is 11.2. The molecule has 0 aliphatic carbocycles. The summed E-state index contributed by atoms with van der Waals surface area (Å²) in [6.07, 6.45) is 7.31. The van der Waals surface area contributed by atoms with Crippen molar-refractivity contribution >= 4 is 14.7 Å². The number of hydrogen-bond donors (Lipinski definition) is 3. The van der Waals surface area contributed by atoms with E-state index >= 15 is 0 Å². The molecule has 0 aliphatic rings. The minimum atomic E-state index is -0.107. The van der Waals surface area contributed by atoms with Crippen LogP contribution in [0.15, 0.2) is 60.9 Å². The van der Waals surface area contributed by atoms with Gasteiger partial charge in [-0.1, -0.05) is 55.2 Å². The average Bonchev–Trinajstić information content (AvgIpc) is 2.83. The zero-order valence-electron chi connectivity index (χ0n) is 22.9. The van der Waals surface area contributed by atoms with E-state index in [1.54, 1.807) is 0 Å². The lowest BCUT2D eigenvalue weighted by atomic mass is 9.98. The Bertz CT molecular complexity index is 649. The molecule has 0 bridgehead atoms. The van der Waals surface area contributed by atoms with Crippen molar-refractivity contribution in [3.63, 3.8) is 0 Å². The molecule has 0 spiro atoms. The third-order valence-electron chi connectivity index (χ3n) is 5.95. The Hall–Kier alpha value is -1.72. The van der Waals surface area contributed by atoms with E-state index in [4.69, 9.17) is 9.47 Å². The highest BCUT2D eigenvalue weighted by molar-refractivity contribution is 7.31. The van der Waals surface area contributed by atoms with Crippen LogP contribution in [0.2, 0.25) is 0 Å². The van der Waals surface area contributed by atoms with Crippen molar-refractivity contribution in [3.05, 3.63) is 60.9 Å². The van der Waals surface area contributed by atoms with Crippen LogP contribution >= 0.6 is 8.81 Å².